The lowest BCUT2D eigenvalue weighted by atomic mass is 10.1. The molecule has 0 unspecified atom stereocenters. The molecule has 6 nitrogen and oxygen atoms in total. The zero-order chi connectivity index (χ0) is 22.7. The third kappa shape index (κ3) is 4.92. The second kappa shape index (κ2) is 9.67. The molecule has 0 saturated carbocycles. The van der Waals surface area contributed by atoms with Gasteiger partial charge in [-0.25, -0.2) is 4.98 Å². The van der Waals surface area contributed by atoms with E-state index in [0.717, 1.165) is 36.4 Å². The highest BCUT2D eigenvalue weighted by molar-refractivity contribution is 9.10. The molecule has 32 heavy (non-hydrogen) atoms. The highest BCUT2D eigenvalue weighted by Crippen LogP contribution is 2.32. The first-order valence-corrected chi connectivity index (χ1v) is 11.7. The highest BCUT2D eigenvalue weighted by Gasteiger charge is 2.24. The third-order valence-electron chi connectivity index (χ3n) is 5.08. The molecule has 0 saturated heterocycles. The fourth-order valence-electron chi connectivity index (χ4n) is 3.51. The van der Waals surface area contributed by atoms with Gasteiger partial charge in [-0.1, -0.05) is 46.3 Å². The van der Waals surface area contributed by atoms with E-state index in [4.69, 9.17) is 4.74 Å². The van der Waals surface area contributed by atoms with Gasteiger partial charge in [0, 0.05) is 35.0 Å². The number of rotatable bonds is 7. The molecule has 1 amide bonds. The standard InChI is InChI=1S/C24H22BrN3O3S/c1-15-27-22(23(32-15)17-7-9-19(25)10-8-17)24(30)28(14-31-16(2)29)12-11-18-13-26-21-6-4-3-5-20(18)21/h3-10,13,26H,11-12,14H2,1-2H3. The first-order valence-electron chi connectivity index (χ1n) is 10.1. The number of carbonyl (C=O) groups excluding carboxylic acids is 2. The van der Waals surface area contributed by atoms with Gasteiger partial charge in [-0.05, 0) is 42.7 Å². The van der Waals surface area contributed by atoms with Gasteiger partial charge in [-0.15, -0.1) is 11.3 Å². The minimum Gasteiger partial charge on any atom is -0.444 e. The van der Waals surface area contributed by atoms with Crippen molar-refractivity contribution in [2.75, 3.05) is 13.3 Å². The normalized spacial score (nSPS) is 11.0. The van der Waals surface area contributed by atoms with Crippen LogP contribution in [0.15, 0.2) is 59.2 Å². The Labute approximate surface area is 198 Å². The molecule has 0 radical (unpaired) electrons. The number of carbonyl (C=O) groups is 2. The number of nitrogens with one attached hydrogen (secondary N) is 1. The highest BCUT2D eigenvalue weighted by atomic mass is 79.9. The number of hydrogen-bond acceptors (Lipinski definition) is 5. The fourth-order valence-corrected chi connectivity index (χ4v) is 4.69. The number of thiazole rings is 1. The number of H-pyrrole nitrogens is 1. The van der Waals surface area contributed by atoms with E-state index in [-0.39, 0.29) is 12.6 Å². The first-order chi connectivity index (χ1) is 15.4. The molecule has 164 valence electrons. The maximum atomic E-state index is 13.5. The molecule has 2 heterocycles. The van der Waals surface area contributed by atoms with Crippen molar-refractivity contribution < 1.29 is 14.3 Å². The van der Waals surface area contributed by atoms with Gasteiger partial charge < -0.3 is 14.6 Å². The zero-order valence-corrected chi connectivity index (χ0v) is 20.1. The Morgan fingerprint density at radius 2 is 1.91 bits per heavy atom. The smallest absolute Gasteiger partial charge is 0.304 e. The Bertz CT molecular complexity index is 1260. The molecule has 2 aromatic heterocycles. The van der Waals surface area contributed by atoms with Gasteiger partial charge in [-0.3, -0.25) is 9.59 Å². The molecule has 2 aromatic carbocycles. The average molecular weight is 512 g/mol. The largest absolute Gasteiger partial charge is 0.444 e. The van der Waals surface area contributed by atoms with Gasteiger partial charge >= 0.3 is 5.97 Å². The third-order valence-corrected chi connectivity index (χ3v) is 6.63. The molecule has 1 N–H and O–H groups in total. The van der Waals surface area contributed by atoms with Gasteiger partial charge in [0.05, 0.1) is 9.88 Å². The van der Waals surface area contributed by atoms with Crippen molar-refractivity contribution in [1.82, 2.24) is 14.9 Å². The van der Waals surface area contributed by atoms with E-state index in [1.165, 1.54) is 18.3 Å². The summed E-state index contributed by atoms with van der Waals surface area (Å²) >= 11 is 4.92. The number of ether oxygens (including phenoxy) is 1. The van der Waals surface area contributed by atoms with Crippen molar-refractivity contribution in [3.05, 3.63) is 75.5 Å². The van der Waals surface area contributed by atoms with Crippen molar-refractivity contribution in [3.8, 4) is 10.4 Å². The van der Waals surface area contributed by atoms with E-state index in [2.05, 4.69) is 32.0 Å². The molecule has 4 rings (SSSR count). The van der Waals surface area contributed by atoms with Gasteiger partial charge in [0.2, 0.25) is 0 Å². The lowest BCUT2D eigenvalue weighted by Gasteiger charge is -2.21. The number of para-hydroxylation sites is 1. The summed E-state index contributed by atoms with van der Waals surface area (Å²) in [4.78, 5) is 35.1. The topological polar surface area (TPSA) is 75.3 Å². The number of nitrogens with zero attached hydrogens (tertiary/aromatic N) is 2. The summed E-state index contributed by atoms with van der Waals surface area (Å²) in [6, 6.07) is 15.8. The summed E-state index contributed by atoms with van der Waals surface area (Å²) < 4.78 is 6.16. The number of esters is 1. The Morgan fingerprint density at radius 3 is 2.66 bits per heavy atom. The van der Waals surface area contributed by atoms with Crippen LogP contribution >= 0.6 is 27.3 Å². The number of aromatic amines is 1. The number of aromatic nitrogens is 2. The van der Waals surface area contributed by atoms with Gasteiger partial charge in [-0.2, -0.15) is 0 Å². The molecular formula is C24H22BrN3O3S. The molecule has 0 aliphatic heterocycles. The number of amides is 1. The molecule has 0 aliphatic rings. The lowest BCUT2D eigenvalue weighted by Crippen LogP contribution is -2.36. The molecule has 0 aliphatic carbocycles. The van der Waals surface area contributed by atoms with Gasteiger partial charge in [0.25, 0.3) is 5.91 Å². The van der Waals surface area contributed by atoms with Crippen LogP contribution in [0.5, 0.6) is 0 Å². The van der Waals surface area contributed by atoms with Crippen molar-refractivity contribution in [2.45, 2.75) is 20.3 Å². The number of hydrogen-bond donors (Lipinski definition) is 1. The monoisotopic (exact) mass is 511 g/mol. The minimum absolute atomic E-state index is 0.118. The van der Waals surface area contributed by atoms with Gasteiger partial charge in [0.1, 0.15) is 5.69 Å². The summed E-state index contributed by atoms with van der Waals surface area (Å²) in [5, 5.41) is 1.92. The Balaban J connectivity index is 1.61. The molecule has 4 aromatic rings. The van der Waals surface area contributed by atoms with E-state index >= 15 is 0 Å². The number of aryl methyl sites for hydroxylation is 1. The van der Waals surface area contributed by atoms with Crippen LogP contribution in [0, 0.1) is 6.92 Å². The zero-order valence-electron chi connectivity index (χ0n) is 17.7. The summed E-state index contributed by atoms with van der Waals surface area (Å²) in [5.74, 6) is -0.689. The lowest BCUT2D eigenvalue weighted by molar-refractivity contribution is -0.144. The molecule has 0 bridgehead atoms. The molecule has 0 atom stereocenters. The van der Waals surface area contributed by atoms with Crippen molar-refractivity contribution in [1.29, 1.82) is 0 Å². The Morgan fingerprint density at radius 1 is 1.16 bits per heavy atom. The first kappa shape index (κ1) is 22.2. The number of benzene rings is 2. The molecule has 0 fully saturated rings. The summed E-state index contributed by atoms with van der Waals surface area (Å²) in [6.07, 6.45) is 2.58. The predicted octanol–water partition coefficient (Wildman–Crippen LogP) is 5.57. The second-order valence-electron chi connectivity index (χ2n) is 7.36. The number of halogens is 1. The fraction of sp³-hybridized carbons (Fsp3) is 0.208. The predicted molar refractivity (Wildman–Crippen MR) is 130 cm³/mol. The van der Waals surface area contributed by atoms with E-state index in [1.54, 1.807) is 4.90 Å². The van der Waals surface area contributed by atoms with Crippen LogP contribution in [0.3, 0.4) is 0 Å². The van der Waals surface area contributed by atoms with Crippen molar-refractivity contribution >= 4 is 50.0 Å². The summed E-state index contributed by atoms with van der Waals surface area (Å²) in [7, 11) is 0. The maximum Gasteiger partial charge on any atom is 0.304 e. The SMILES string of the molecule is CC(=O)OCN(CCc1c[nH]c2ccccc12)C(=O)c1nc(C)sc1-c1ccc(Br)cc1. The van der Waals surface area contributed by atoms with E-state index in [0.29, 0.717) is 18.7 Å². The van der Waals surface area contributed by atoms with Crippen LogP contribution in [0.25, 0.3) is 21.3 Å². The van der Waals surface area contributed by atoms with Crippen LogP contribution in [-0.2, 0) is 16.0 Å². The Hall–Kier alpha value is -2.97. The van der Waals surface area contributed by atoms with Crippen LogP contribution < -0.4 is 0 Å². The summed E-state index contributed by atoms with van der Waals surface area (Å²) in [5.41, 5.74) is 3.45. The van der Waals surface area contributed by atoms with Crippen LogP contribution in [0.4, 0.5) is 0 Å². The molecule has 0 spiro atoms. The average Bonchev–Trinajstić information content (AvgIpc) is 3.37. The molecular weight excluding hydrogens is 490 g/mol. The van der Waals surface area contributed by atoms with E-state index < -0.39 is 5.97 Å². The van der Waals surface area contributed by atoms with Crippen molar-refractivity contribution in [3.63, 3.8) is 0 Å². The summed E-state index contributed by atoms with van der Waals surface area (Å²) in [6.45, 7) is 3.49. The van der Waals surface area contributed by atoms with E-state index in [9.17, 15) is 9.59 Å². The van der Waals surface area contributed by atoms with E-state index in [1.807, 2.05) is 55.6 Å². The number of fused-ring (bicyclic) bond motifs is 1. The Kier molecular flexibility index (Phi) is 6.72. The molecule has 8 heteroatoms. The maximum absolute atomic E-state index is 13.5. The van der Waals surface area contributed by atoms with Crippen LogP contribution in [0.2, 0.25) is 0 Å². The van der Waals surface area contributed by atoms with Crippen molar-refractivity contribution in [2.24, 2.45) is 0 Å². The van der Waals surface area contributed by atoms with Gasteiger partial charge in [0.15, 0.2) is 6.73 Å². The van der Waals surface area contributed by atoms with Crippen LogP contribution in [-0.4, -0.2) is 40.0 Å². The van der Waals surface area contributed by atoms with Crippen LogP contribution in [0.1, 0.15) is 28.0 Å². The quantitative estimate of drug-likeness (QED) is 0.260. The second-order valence-corrected chi connectivity index (χ2v) is 9.48. The minimum atomic E-state index is -0.433.